The van der Waals surface area contributed by atoms with Gasteiger partial charge in [0.2, 0.25) is 0 Å². The van der Waals surface area contributed by atoms with Crippen molar-refractivity contribution >= 4 is 17.6 Å². The van der Waals surface area contributed by atoms with Gasteiger partial charge in [-0.25, -0.2) is 9.97 Å². The fourth-order valence-electron chi connectivity index (χ4n) is 3.57. The molecule has 1 aliphatic heterocycles. The Morgan fingerprint density at radius 3 is 2.84 bits per heavy atom. The second kappa shape index (κ2) is 8.83. The third-order valence-electron chi connectivity index (χ3n) is 5.23. The first-order chi connectivity index (χ1) is 15.1. The van der Waals surface area contributed by atoms with E-state index in [1.807, 2.05) is 30.3 Å². The van der Waals surface area contributed by atoms with Gasteiger partial charge in [-0.2, -0.15) is 0 Å². The Morgan fingerprint density at radius 2 is 2.03 bits per heavy atom. The van der Waals surface area contributed by atoms with Crippen LogP contribution in [0.25, 0.3) is 11.3 Å². The van der Waals surface area contributed by atoms with Gasteiger partial charge < -0.3 is 20.7 Å². The average molecular weight is 417 g/mol. The molecule has 2 amide bonds. The zero-order valence-electron chi connectivity index (χ0n) is 17.4. The van der Waals surface area contributed by atoms with Gasteiger partial charge in [-0.3, -0.25) is 9.59 Å². The largest absolute Gasteiger partial charge is 0.496 e. The molecule has 4 rings (SSSR count). The maximum Gasteiger partial charge on any atom is 0.251 e. The van der Waals surface area contributed by atoms with Crippen LogP contribution in [0.1, 0.15) is 31.8 Å². The lowest BCUT2D eigenvalue weighted by molar-refractivity contribution is 0.0956. The van der Waals surface area contributed by atoms with Crippen LogP contribution in [0, 0.1) is 0 Å². The van der Waals surface area contributed by atoms with Crippen molar-refractivity contribution in [2.24, 2.45) is 0 Å². The number of carbonyl (C=O) groups excluding carboxylic acids is 2. The number of hydrogen-bond donors (Lipinski definition) is 3. The van der Waals surface area contributed by atoms with Crippen LogP contribution in [-0.4, -0.2) is 42.5 Å². The Morgan fingerprint density at radius 1 is 1.16 bits per heavy atom. The van der Waals surface area contributed by atoms with Crippen molar-refractivity contribution in [3.63, 3.8) is 0 Å². The zero-order valence-corrected chi connectivity index (χ0v) is 17.4. The van der Waals surface area contributed by atoms with Gasteiger partial charge in [0.1, 0.15) is 17.9 Å². The topological polar surface area (TPSA) is 105 Å². The second-order valence-electron chi connectivity index (χ2n) is 7.13. The Balaban J connectivity index is 1.43. The lowest BCUT2D eigenvalue weighted by Gasteiger charge is -2.12. The minimum Gasteiger partial charge on any atom is -0.496 e. The molecule has 0 unspecified atom stereocenters. The quantitative estimate of drug-likeness (QED) is 0.545. The van der Waals surface area contributed by atoms with Crippen LogP contribution < -0.4 is 20.7 Å². The van der Waals surface area contributed by atoms with Crippen molar-refractivity contribution in [2.45, 2.75) is 13.0 Å². The third kappa shape index (κ3) is 4.32. The van der Waals surface area contributed by atoms with E-state index in [9.17, 15) is 9.59 Å². The molecule has 3 N–H and O–H groups in total. The van der Waals surface area contributed by atoms with Crippen molar-refractivity contribution in [1.82, 2.24) is 20.6 Å². The van der Waals surface area contributed by atoms with Gasteiger partial charge in [0.25, 0.3) is 11.8 Å². The summed E-state index contributed by atoms with van der Waals surface area (Å²) in [5, 5.41) is 8.74. The van der Waals surface area contributed by atoms with Gasteiger partial charge in [0.15, 0.2) is 0 Å². The van der Waals surface area contributed by atoms with Gasteiger partial charge in [0, 0.05) is 42.9 Å². The minimum absolute atomic E-state index is 0.0367. The smallest absolute Gasteiger partial charge is 0.251 e. The Bertz CT molecular complexity index is 1150. The van der Waals surface area contributed by atoms with E-state index in [1.165, 1.54) is 6.33 Å². The summed E-state index contributed by atoms with van der Waals surface area (Å²) in [4.78, 5) is 32.2. The highest BCUT2D eigenvalue weighted by molar-refractivity contribution is 5.98. The molecule has 31 heavy (non-hydrogen) atoms. The van der Waals surface area contributed by atoms with E-state index in [4.69, 9.17) is 4.74 Å². The van der Waals surface area contributed by atoms with E-state index in [0.29, 0.717) is 42.2 Å². The molecule has 2 heterocycles. The molecular formula is C23H23N5O3. The van der Waals surface area contributed by atoms with Gasteiger partial charge in [-0.1, -0.05) is 12.1 Å². The number of fused-ring (bicyclic) bond motifs is 1. The predicted molar refractivity (Wildman–Crippen MR) is 117 cm³/mol. The van der Waals surface area contributed by atoms with E-state index in [0.717, 1.165) is 22.4 Å². The van der Waals surface area contributed by atoms with Gasteiger partial charge in [-0.05, 0) is 41.8 Å². The fraction of sp³-hybridized carbons (Fsp3) is 0.217. The molecule has 0 atom stereocenters. The lowest BCUT2D eigenvalue weighted by atomic mass is 10.0. The summed E-state index contributed by atoms with van der Waals surface area (Å²) in [7, 11) is 3.19. The van der Waals surface area contributed by atoms with E-state index < -0.39 is 0 Å². The minimum atomic E-state index is -0.150. The van der Waals surface area contributed by atoms with Crippen molar-refractivity contribution in [3.05, 3.63) is 71.0 Å². The fourth-order valence-corrected chi connectivity index (χ4v) is 3.57. The summed E-state index contributed by atoms with van der Waals surface area (Å²) in [5.74, 6) is 1.20. The number of nitrogens with zero attached hydrogens (tertiary/aromatic N) is 2. The molecule has 0 saturated heterocycles. The molecule has 0 radical (unpaired) electrons. The first kappa shape index (κ1) is 20.3. The van der Waals surface area contributed by atoms with E-state index in [-0.39, 0.29) is 11.8 Å². The lowest BCUT2D eigenvalue weighted by Crippen LogP contribution is -2.18. The Hall–Kier alpha value is -3.94. The van der Waals surface area contributed by atoms with Crippen molar-refractivity contribution in [3.8, 4) is 17.0 Å². The molecule has 1 aliphatic rings. The molecule has 158 valence electrons. The highest BCUT2D eigenvalue weighted by Crippen LogP contribution is 2.25. The summed E-state index contributed by atoms with van der Waals surface area (Å²) in [6.07, 6.45) is 2.22. The van der Waals surface area contributed by atoms with E-state index >= 15 is 0 Å². The van der Waals surface area contributed by atoms with Crippen molar-refractivity contribution in [2.75, 3.05) is 26.0 Å². The molecule has 0 saturated carbocycles. The standard InChI is InChI=1S/C23H23N5O3/c1-24-22(29)16-4-3-14(20(10-16)31-2)7-8-25-21-11-19(27-13-28-21)15-5-6-18-17(9-15)12-26-23(18)30/h3-6,9-11,13H,7-8,12H2,1-2H3,(H,24,29)(H,26,30)(H,25,27,28). The third-order valence-corrected chi connectivity index (χ3v) is 5.23. The number of amides is 2. The maximum atomic E-state index is 11.8. The van der Waals surface area contributed by atoms with E-state index in [2.05, 4.69) is 25.9 Å². The molecule has 0 bridgehead atoms. The number of methoxy groups -OCH3 is 1. The number of aromatic nitrogens is 2. The molecule has 3 aromatic rings. The van der Waals surface area contributed by atoms with E-state index in [1.54, 1.807) is 26.3 Å². The van der Waals surface area contributed by atoms with Crippen LogP contribution in [0.4, 0.5) is 5.82 Å². The van der Waals surface area contributed by atoms with Crippen molar-refractivity contribution < 1.29 is 14.3 Å². The highest BCUT2D eigenvalue weighted by Gasteiger charge is 2.19. The first-order valence-corrected chi connectivity index (χ1v) is 9.95. The number of ether oxygens (including phenoxy) is 1. The van der Waals surface area contributed by atoms with Gasteiger partial charge in [-0.15, -0.1) is 0 Å². The van der Waals surface area contributed by atoms with Crippen LogP contribution >= 0.6 is 0 Å². The summed E-state index contributed by atoms with van der Waals surface area (Å²) in [6.45, 7) is 1.17. The molecule has 0 fully saturated rings. The maximum absolute atomic E-state index is 11.8. The van der Waals surface area contributed by atoms with Crippen LogP contribution in [0.3, 0.4) is 0 Å². The number of rotatable bonds is 7. The SMILES string of the molecule is CNC(=O)c1ccc(CCNc2cc(-c3ccc4c(c3)CNC4=O)ncn2)c(OC)c1. The van der Waals surface area contributed by atoms with Crippen LogP contribution in [0.15, 0.2) is 48.8 Å². The Labute approximate surface area is 180 Å². The molecule has 2 aromatic carbocycles. The number of nitrogens with one attached hydrogen (secondary N) is 3. The number of hydrogen-bond acceptors (Lipinski definition) is 6. The average Bonchev–Trinajstić information content (AvgIpc) is 3.19. The summed E-state index contributed by atoms with van der Waals surface area (Å²) in [6, 6.07) is 13.0. The molecular weight excluding hydrogens is 394 g/mol. The predicted octanol–water partition coefficient (Wildman–Crippen LogP) is 2.41. The first-order valence-electron chi connectivity index (χ1n) is 9.95. The molecule has 0 aliphatic carbocycles. The zero-order chi connectivity index (χ0) is 21.8. The summed E-state index contributed by atoms with van der Waals surface area (Å²) in [5.41, 5.74) is 4.96. The van der Waals surface area contributed by atoms with Gasteiger partial charge in [0.05, 0.1) is 12.8 Å². The van der Waals surface area contributed by atoms with Gasteiger partial charge >= 0.3 is 0 Å². The van der Waals surface area contributed by atoms with Crippen LogP contribution in [0.5, 0.6) is 5.75 Å². The molecule has 0 spiro atoms. The number of carbonyl (C=O) groups is 2. The molecule has 8 nitrogen and oxygen atoms in total. The second-order valence-corrected chi connectivity index (χ2v) is 7.13. The number of benzene rings is 2. The normalized spacial score (nSPS) is 12.1. The molecule has 1 aromatic heterocycles. The van der Waals surface area contributed by atoms with Crippen LogP contribution in [-0.2, 0) is 13.0 Å². The summed E-state index contributed by atoms with van der Waals surface area (Å²) < 4.78 is 5.44. The number of anilines is 1. The molecule has 8 heteroatoms. The monoisotopic (exact) mass is 417 g/mol. The Kier molecular flexibility index (Phi) is 5.79. The van der Waals surface area contributed by atoms with Crippen molar-refractivity contribution in [1.29, 1.82) is 0 Å². The van der Waals surface area contributed by atoms with Crippen LogP contribution in [0.2, 0.25) is 0 Å². The highest BCUT2D eigenvalue weighted by atomic mass is 16.5. The summed E-state index contributed by atoms with van der Waals surface area (Å²) >= 11 is 0.